The number of nitrogens with zero attached hydrogens (tertiary/aromatic N) is 1. The Hall–Kier alpha value is -1.06. The van der Waals surface area contributed by atoms with Gasteiger partial charge in [0.1, 0.15) is 0 Å². The number of nitrogens with one attached hydrogen (secondary N) is 1. The Balaban J connectivity index is 1.92. The van der Waals surface area contributed by atoms with E-state index in [0.29, 0.717) is 6.04 Å². The number of hydrogen-bond acceptors (Lipinski definition) is 1. The molecule has 0 aliphatic carbocycles. The SMILES string of the molecule is CCCn1ccc(CNC(C)c2ccccc2Br)c1. The van der Waals surface area contributed by atoms with Crippen LogP contribution in [0.5, 0.6) is 0 Å². The average molecular weight is 321 g/mol. The van der Waals surface area contributed by atoms with E-state index in [-0.39, 0.29) is 0 Å². The van der Waals surface area contributed by atoms with Gasteiger partial charge in [-0.1, -0.05) is 41.1 Å². The summed E-state index contributed by atoms with van der Waals surface area (Å²) in [6.07, 6.45) is 5.56. The molecule has 2 rings (SSSR count). The van der Waals surface area contributed by atoms with E-state index in [1.54, 1.807) is 0 Å². The molecule has 0 saturated carbocycles. The van der Waals surface area contributed by atoms with Gasteiger partial charge < -0.3 is 9.88 Å². The number of rotatable bonds is 6. The summed E-state index contributed by atoms with van der Waals surface area (Å²) in [7, 11) is 0. The minimum atomic E-state index is 0.338. The van der Waals surface area contributed by atoms with Gasteiger partial charge in [0.2, 0.25) is 0 Å². The van der Waals surface area contributed by atoms with Crippen molar-refractivity contribution in [3.8, 4) is 0 Å². The zero-order chi connectivity index (χ0) is 13.7. The van der Waals surface area contributed by atoms with E-state index in [4.69, 9.17) is 0 Å². The largest absolute Gasteiger partial charge is 0.354 e. The second-order valence-electron chi connectivity index (χ2n) is 4.88. The minimum Gasteiger partial charge on any atom is -0.354 e. The quantitative estimate of drug-likeness (QED) is 0.828. The van der Waals surface area contributed by atoms with Crippen molar-refractivity contribution in [1.29, 1.82) is 0 Å². The summed E-state index contributed by atoms with van der Waals surface area (Å²) in [5, 5.41) is 3.57. The lowest BCUT2D eigenvalue weighted by molar-refractivity contribution is 0.571. The molecule has 19 heavy (non-hydrogen) atoms. The Labute approximate surface area is 124 Å². The van der Waals surface area contributed by atoms with Crippen LogP contribution in [0, 0.1) is 0 Å². The molecule has 0 saturated heterocycles. The zero-order valence-corrected chi connectivity index (χ0v) is 13.2. The van der Waals surface area contributed by atoms with Gasteiger partial charge in [-0.15, -0.1) is 0 Å². The Bertz CT molecular complexity index is 519. The molecule has 0 spiro atoms. The Morgan fingerprint density at radius 1 is 1.26 bits per heavy atom. The van der Waals surface area contributed by atoms with Crippen LogP contribution in [0.1, 0.15) is 37.4 Å². The molecule has 0 amide bonds. The molecule has 102 valence electrons. The Kier molecular flexibility index (Phi) is 5.23. The smallest absolute Gasteiger partial charge is 0.0306 e. The van der Waals surface area contributed by atoms with E-state index in [1.165, 1.54) is 22.0 Å². The van der Waals surface area contributed by atoms with Gasteiger partial charge in [-0.25, -0.2) is 0 Å². The van der Waals surface area contributed by atoms with Crippen molar-refractivity contribution in [2.24, 2.45) is 0 Å². The molecule has 1 aromatic heterocycles. The van der Waals surface area contributed by atoms with E-state index in [9.17, 15) is 0 Å². The first kappa shape index (κ1) is 14.4. The summed E-state index contributed by atoms with van der Waals surface area (Å²) in [6.45, 7) is 6.40. The maximum atomic E-state index is 3.60. The summed E-state index contributed by atoms with van der Waals surface area (Å²) in [6, 6.07) is 10.9. The van der Waals surface area contributed by atoms with E-state index in [0.717, 1.165) is 13.1 Å². The molecule has 0 bridgehead atoms. The maximum Gasteiger partial charge on any atom is 0.0306 e. The summed E-state index contributed by atoms with van der Waals surface area (Å²) in [5.41, 5.74) is 2.64. The van der Waals surface area contributed by atoms with Gasteiger partial charge >= 0.3 is 0 Å². The fourth-order valence-corrected chi connectivity index (χ4v) is 2.83. The minimum absolute atomic E-state index is 0.338. The van der Waals surface area contributed by atoms with Gasteiger partial charge in [-0.3, -0.25) is 0 Å². The molecule has 0 aliphatic rings. The summed E-state index contributed by atoms with van der Waals surface area (Å²) in [5.74, 6) is 0. The summed E-state index contributed by atoms with van der Waals surface area (Å²) in [4.78, 5) is 0. The van der Waals surface area contributed by atoms with E-state index in [1.807, 2.05) is 6.07 Å². The maximum absolute atomic E-state index is 3.60. The molecule has 0 radical (unpaired) electrons. The van der Waals surface area contributed by atoms with Crippen molar-refractivity contribution in [1.82, 2.24) is 9.88 Å². The lowest BCUT2D eigenvalue weighted by Crippen LogP contribution is -2.18. The van der Waals surface area contributed by atoms with E-state index in [2.05, 4.69) is 76.3 Å². The first-order valence-corrected chi connectivity index (χ1v) is 7.62. The predicted molar refractivity (Wildman–Crippen MR) is 84.1 cm³/mol. The van der Waals surface area contributed by atoms with Crippen LogP contribution in [-0.2, 0) is 13.1 Å². The summed E-state index contributed by atoms with van der Waals surface area (Å²) >= 11 is 3.60. The Morgan fingerprint density at radius 3 is 2.79 bits per heavy atom. The highest BCUT2D eigenvalue weighted by molar-refractivity contribution is 9.10. The van der Waals surface area contributed by atoms with Crippen LogP contribution >= 0.6 is 15.9 Å². The van der Waals surface area contributed by atoms with Crippen LogP contribution in [0.3, 0.4) is 0 Å². The third kappa shape index (κ3) is 3.95. The molecule has 0 aliphatic heterocycles. The zero-order valence-electron chi connectivity index (χ0n) is 11.6. The van der Waals surface area contributed by atoms with E-state index < -0.39 is 0 Å². The first-order chi connectivity index (χ1) is 9.20. The second-order valence-corrected chi connectivity index (χ2v) is 5.74. The van der Waals surface area contributed by atoms with Gasteiger partial charge in [0, 0.05) is 36.0 Å². The monoisotopic (exact) mass is 320 g/mol. The van der Waals surface area contributed by atoms with Crippen LogP contribution in [0.2, 0.25) is 0 Å². The molecule has 3 heteroatoms. The number of hydrogen-bond donors (Lipinski definition) is 1. The molecule has 1 N–H and O–H groups in total. The van der Waals surface area contributed by atoms with Crippen LogP contribution < -0.4 is 5.32 Å². The molecule has 1 aromatic carbocycles. The Morgan fingerprint density at radius 2 is 2.05 bits per heavy atom. The lowest BCUT2D eigenvalue weighted by Gasteiger charge is -2.15. The molecular formula is C16H21BrN2. The van der Waals surface area contributed by atoms with Crippen molar-refractivity contribution in [2.75, 3.05) is 0 Å². The van der Waals surface area contributed by atoms with Crippen LogP contribution in [0.25, 0.3) is 0 Å². The molecule has 2 nitrogen and oxygen atoms in total. The highest BCUT2D eigenvalue weighted by Crippen LogP contribution is 2.22. The topological polar surface area (TPSA) is 17.0 Å². The molecular weight excluding hydrogens is 300 g/mol. The fraction of sp³-hybridized carbons (Fsp3) is 0.375. The predicted octanol–water partition coefficient (Wildman–Crippen LogP) is 4.51. The summed E-state index contributed by atoms with van der Waals surface area (Å²) < 4.78 is 3.42. The third-order valence-electron chi connectivity index (χ3n) is 3.28. The number of halogens is 1. The number of benzene rings is 1. The van der Waals surface area contributed by atoms with Crippen molar-refractivity contribution in [3.05, 3.63) is 58.3 Å². The highest BCUT2D eigenvalue weighted by atomic mass is 79.9. The van der Waals surface area contributed by atoms with Gasteiger partial charge in [-0.05, 0) is 36.6 Å². The first-order valence-electron chi connectivity index (χ1n) is 6.83. The van der Waals surface area contributed by atoms with Gasteiger partial charge in [0.05, 0.1) is 0 Å². The molecule has 1 unspecified atom stereocenters. The molecule has 0 fully saturated rings. The lowest BCUT2D eigenvalue weighted by atomic mass is 10.1. The van der Waals surface area contributed by atoms with Gasteiger partial charge in [0.15, 0.2) is 0 Å². The number of aromatic nitrogens is 1. The van der Waals surface area contributed by atoms with Crippen molar-refractivity contribution < 1.29 is 0 Å². The second kappa shape index (κ2) is 6.92. The highest BCUT2D eigenvalue weighted by Gasteiger charge is 2.08. The van der Waals surface area contributed by atoms with Crippen LogP contribution in [-0.4, -0.2) is 4.57 Å². The van der Waals surface area contributed by atoms with Crippen LogP contribution in [0.4, 0.5) is 0 Å². The van der Waals surface area contributed by atoms with Crippen molar-refractivity contribution in [2.45, 2.75) is 39.4 Å². The number of aryl methyl sites for hydroxylation is 1. The normalized spacial score (nSPS) is 12.6. The van der Waals surface area contributed by atoms with E-state index >= 15 is 0 Å². The average Bonchev–Trinajstić information content (AvgIpc) is 2.85. The van der Waals surface area contributed by atoms with Gasteiger partial charge in [-0.2, -0.15) is 0 Å². The van der Waals surface area contributed by atoms with Crippen molar-refractivity contribution in [3.63, 3.8) is 0 Å². The fourth-order valence-electron chi connectivity index (χ4n) is 2.20. The van der Waals surface area contributed by atoms with Gasteiger partial charge in [0.25, 0.3) is 0 Å². The molecule has 1 heterocycles. The third-order valence-corrected chi connectivity index (χ3v) is 4.00. The van der Waals surface area contributed by atoms with Crippen molar-refractivity contribution >= 4 is 15.9 Å². The molecule has 2 aromatic rings. The standard InChI is InChI=1S/C16H21BrN2/c1-3-9-19-10-8-14(12-19)11-18-13(2)15-6-4-5-7-16(15)17/h4-8,10,12-13,18H,3,9,11H2,1-2H3. The molecule has 1 atom stereocenters. The van der Waals surface area contributed by atoms with Crippen LogP contribution in [0.15, 0.2) is 47.2 Å².